The second kappa shape index (κ2) is 3.50. The summed E-state index contributed by atoms with van der Waals surface area (Å²) in [5, 5.41) is 2.81. The first-order valence-corrected chi connectivity index (χ1v) is 2.35. The molecular weight excluding hydrogens is 92.3 g/mol. The molecule has 0 fully saturated rings. The zero-order valence-electron chi connectivity index (χ0n) is 2.81. The number of hydrogen-bond donors (Lipinski definition) is 1. The van der Waals surface area contributed by atoms with E-state index in [9.17, 15) is 0 Å². The molecule has 1 nitrogen and oxygen atoms in total. The van der Waals surface area contributed by atoms with Crippen LogP contribution in [0.4, 0.5) is 0 Å². The Morgan fingerprint density at radius 2 is 3.25 bits per heavy atom. The SMILES string of the molecule is [2H]N=BSCl. The number of rotatable bonds is 1. The maximum atomic E-state index is 6.07. The molecule has 0 aliphatic rings. The van der Waals surface area contributed by atoms with Crippen LogP contribution in [-0.4, -0.2) is 6.35 Å². The van der Waals surface area contributed by atoms with Gasteiger partial charge in [0.05, 0.1) is 0 Å². The number of nitrogens with one attached hydrogen (secondary N) is 1. The Bertz CT molecular complexity index is 38.6. The summed E-state index contributed by atoms with van der Waals surface area (Å²) in [6.07, 6.45) is 1.22. The molecule has 0 unspecified atom stereocenters. The average Bonchev–Trinajstić information content (AvgIpc) is 1.41. The Morgan fingerprint density at radius 1 is 2.50 bits per heavy atom. The molecule has 0 aromatic rings. The van der Waals surface area contributed by atoms with Crippen LogP contribution in [0.3, 0.4) is 0 Å². The van der Waals surface area contributed by atoms with E-state index in [4.69, 9.17) is 12.1 Å². The third-order valence-corrected chi connectivity index (χ3v) is 0.359. The van der Waals surface area contributed by atoms with Crippen molar-refractivity contribution in [1.82, 2.24) is 0 Å². The van der Waals surface area contributed by atoms with E-state index in [0.717, 1.165) is 10.8 Å². The molecule has 0 spiro atoms. The first kappa shape index (κ1) is 2.73. The first-order valence-electron chi connectivity index (χ1n) is 1.10. The molecule has 4 heteroatoms. The Hall–Kier alpha value is 0.505. The molecule has 0 amide bonds. The molecule has 0 aliphatic heterocycles. The van der Waals surface area contributed by atoms with E-state index < -0.39 is 0 Å². The zero-order chi connectivity index (χ0) is 4.12. The van der Waals surface area contributed by atoms with Crippen molar-refractivity contribution in [3.05, 3.63) is 0 Å². The van der Waals surface area contributed by atoms with E-state index in [0.29, 0.717) is 0 Å². The molecule has 0 aromatic heterocycles. The zero-order valence-corrected chi connectivity index (χ0v) is 3.38. The molecule has 0 saturated carbocycles. The topological polar surface area (TPSA) is 23.9 Å². The summed E-state index contributed by atoms with van der Waals surface area (Å²) < 4.78 is 6.07. The van der Waals surface area contributed by atoms with Crippen molar-refractivity contribution in [3.8, 4) is 0 Å². The second-order valence-electron chi connectivity index (χ2n) is 0.194. The normalized spacial score (nSPS) is 10.8. The fourth-order valence-electron chi connectivity index (χ4n) is 0. The minimum atomic E-state index is 0.895. The van der Waals surface area contributed by atoms with Gasteiger partial charge < -0.3 is 0 Å². The molecule has 4 heavy (non-hydrogen) atoms. The van der Waals surface area contributed by atoms with Gasteiger partial charge in [0.25, 0.3) is 0 Å². The van der Waals surface area contributed by atoms with Gasteiger partial charge in [-0.25, -0.2) is 0 Å². The van der Waals surface area contributed by atoms with Gasteiger partial charge in [0, 0.05) is 0 Å². The van der Waals surface area contributed by atoms with Gasteiger partial charge in [0.1, 0.15) is 0 Å². The number of hydrogen-bond acceptors (Lipinski definition) is 2. The van der Waals surface area contributed by atoms with Crippen molar-refractivity contribution in [3.63, 3.8) is 0 Å². The molecule has 1 N–H and O–H groups in total. The van der Waals surface area contributed by atoms with Crippen molar-refractivity contribution in [2.45, 2.75) is 0 Å². The Balaban J connectivity index is 2.62. The molecule has 0 heterocycles. The molecule has 0 bridgehead atoms. The van der Waals surface area contributed by atoms with Crippen molar-refractivity contribution < 1.29 is 1.41 Å². The van der Waals surface area contributed by atoms with Gasteiger partial charge >= 0.3 is 34.6 Å². The molecule has 0 saturated heterocycles. The van der Waals surface area contributed by atoms with Gasteiger partial charge in [-0.15, -0.1) is 0 Å². The van der Waals surface area contributed by atoms with Gasteiger partial charge in [-0.2, -0.15) is 0 Å². The van der Waals surface area contributed by atoms with Crippen LogP contribution in [0, 0.1) is 5.31 Å². The fourth-order valence-corrected chi connectivity index (χ4v) is 0. The third kappa shape index (κ3) is 2.50. The van der Waals surface area contributed by atoms with Crippen LogP contribution in [0.1, 0.15) is 0 Å². The molecular formula is HBClNS. The van der Waals surface area contributed by atoms with Crippen LogP contribution in [0.25, 0.3) is 0 Å². The van der Waals surface area contributed by atoms with E-state index in [2.05, 4.69) is 5.31 Å². The van der Waals surface area contributed by atoms with Gasteiger partial charge in [-0.1, -0.05) is 0 Å². The monoisotopic (exact) mass is 94.0 g/mol. The van der Waals surface area contributed by atoms with Crippen LogP contribution < -0.4 is 0 Å². The third-order valence-electron chi connectivity index (χ3n) is 0.0398. The van der Waals surface area contributed by atoms with E-state index in [1.54, 1.807) is 0 Å². The molecule has 0 radical (unpaired) electrons. The van der Waals surface area contributed by atoms with Crippen molar-refractivity contribution >= 4 is 27.9 Å². The Morgan fingerprint density at radius 3 is 3.25 bits per heavy atom. The molecule has 22 valence electrons. The average molecular weight is 94.4 g/mol. The fraction of sp³-hybridized carbons (Fsp3) is 0. The summed E-state index contributed by atoms with van der Waals surface area (Å²) in [5.41, 5.74) is 0. The van der Waals surface area contributed by atoms with Crippen LogP contribution in [0.2, 0.25) is 1.41 Å². The predicted molar refractivity (Wildman–Crippen MR) is 21.9 cm³/mol. The Labute approximate surface area is 35.3 Å². The van der Waals surface area contributed by atoms with Gasteiger partial charge in [0.15, 0.2) is 0 Å². The van der Waals surface area contributed by atoms with E-state index in [-0.39, 0.29) is 0 Å². The summed E-state index contributed by atoms with van der Waals surface area (Å²) in [6.45, 7) is 0. The second-order valence-corrected chi connectivity index (χ2v) is 1.12. The number of halogens is 1. The summed E-state index contributed by atoms with van der Waals surface area (Å²) in [5.74, 6) is 0. The van der Waals surface area contributed by atoms with Gasteiger partial charge in [-0.3, -0.25) is 0 Å². The van der Waals surface area contributed by atoms with Gasteiger partial charge in [-0.05, 0) is 0 Å². The molecule has 0 aliphatic carbocycles. The van der Waals surface area contributed by atoms with Crippen LogP contribution in [0.15, 0.2) is 0 Å². The molecule has 0 atom stereocenters. The quantitative estimate of drug-likeness (QED) is 0.486. The summed E-state index contributed by atoms with van der Waals surface area (Å²) in [7, 11) is 5.84. The Kier molecular flexibility index (Phi) is 2.39. The van der Waals surface area contributed by atoms with E-state index in [1.807, 2.05) is 0 Å². The molecule has 0 aromatic carbocycles. The standard InChI is InChI=1S/BClHNS/c2-4-1-3/h3H/i3D. The maximum absolute atomic E-state index is 6.07. The van der Waals surface area contributed by atoms with Gasteiger partial charge in [0.2, 0.25) is 0 Å². The van der Waals surface area contributed by atoms with Crippen LogP contribution >= 0.6 is 21.5 Å². The molecule has 0 rings (SSSR count). The van der Waals surface area contributed by atoms with Crippen LogP contribution in [-0.2, 0) is 0 Å². The predicted octanol–water partition coefficient (Wildman–Crippen LogP) is 1.25. The van der Waals surface area contributed by atoms with E-state index in [1.165, 1.54) is 6.35 Å². The van der Waals surface area contributed by atoms with E-state index >= 15 is 0 Å². The first-order chi connectivity index (χ1) is 2.41. The van der Waals surface area contributed by atoms with Crippen LogP contribution in [0.5, 0.6) is 0 Å². The summed E-state index contributed by atoms with van der Waals surface area (Å²) in [4.78, 5) is 0. The minimum absolute atomic E-state index is 0.895. The van der Waals surface area contributed by atoms with Crippen molar-refractivity contribution in [2.24, 2.45) is 0 Å². The van der Waals surface area contributed by atoms with Crippen molar-refractivity contribution in [2.75, 3.05) is 0 Å². The van der Waals surface area contributed by atoms with Crippen molar-refractivity contribution in [1.29, 1.82) is 5.31 Å². The summed E-state index contributed by atoms with van der Waals surface area (Å²) in [6, 6.07) is 0. The summed E-state index contributed by atoms with van der Waals surface area (Å²) >= 11 is 0.